The minimum atomic E-state index is -1.46. The molecule has 1 aromatic rings. The fourth-order valence-corrected chi connectivity index (χ4v) is 1.23. The maximum Gasteiger partial charge on any atom is 0.480 e. The molecule has 0 aliphatic heterocycles. The lowest BCUT2D eigenvalue weighted by molar-refractivity contribution is -0.144. The average Bonchev–Trinajstić information content (AvgIpc) is 2.33. The highest BCUT2D eigenvalue weighted by Crippen LogP contribution is 2.02. The third kappa shape index (κ3) is 6.55. The van der Waals surface area contributed by atoms with Gasteiger partial charge in [0.15, 0.2) is 0 Å². The van der Waals surface area contributed by atoms with Crippen molar-refractivity contribution in [2.75, 3.05) is 0 Å². The van der Waals surface area contributed by atoms with Crippen molar-refractivity contribution in [3.63, 3.8) is 0 Å². The zero-order valence-corrected chi connectivity index (χ0v) is 9.45. The summed E-state index contributed by atoms with van der Waals surface area (Å²) < 4.78 is 5.04. The predicted molar refractivity (Wildman–Crippen MR) is 64.8 cm³/mol. The summed E-state index contributed by atoms with van der Waals surface area (Å²) in [5, 5.41) is 17.0. The van der Waals surface area contributed by atoms with Gasteiger partial charge in [0.25, 0.3) is 0 Å². The lowest BCUT2D eigenvalue weighted by atomic mass is 9.91. The van der Waals surface area contributed by atoms with Crippen molar-refractivity contribution in [3.05, 3.63) is 47.9 Å². The number of rotatable bonds is 6. The Morgan fingerprint density at radius 1 is 1.29 bits per heavy atom. The minimum absolute atomic E-state index is 0.232. The first kappa shape index (κ1) is 13.5. The van der Waals surface area contributed by atoms with E-state index in [4.69, 9.17) is 14.8 Å². The van der Waals surface area contributed by atoms with Gasteiger partial charge in [0.1, 0.15) is 6.61 Å². The quantitative estimate of drug-likeness (QED) is 0.570. The normalized spacial score (nSPS) is 10.5. The van der Waals surface area contributed by atoms with Gasteiger partial charge >= 0.3 is 13.1 Å². The summed E-state index contributed by atoms with van der Waals surface area (Å²) in [4.78, 5) is 11.3. The molecule has 0 heterocycles. The number of carbonyl (C=O) groups excluding carboxylic acids is 1. The molecule has 17 heavy (non-hydrogen) atoms. The van der Waals surface area contributed by atoms with Gasteiger partial charge in [-0.15, -0.1) is 0 Å². The molecule has 90 valence electrons. The monoisotopic (exact) mass is 234 g/mol. The number of hydrogen-bond donors (Lipinski definition) is 2. The molecule has 0 amide bonds. The van der Waals surface area contributed by atoms with Crippen LogP contribution in [0.1, 0.15) is 18.4 Å². The Morgan fingerprint density at radius 3 is 2.65 bits per heavy atom. The summed E-state index contributed by atoms with van der Waals surface area (Å²) in [6, 6.07) is 9.43. The van der Waals surface area contributed by atoms with E-state index in [1.165, 1.54) is 12.1 Å². The summed E-state index contributed by atoms with van der Waals surface area (Å²) in [5.74, 6) is 0.913. The van der Waals surface area contributed by atoms with Gasteiger partial charge in [-0.1, -0.05) is 42.4 Å². The Bertz CT molecular complexity index is 362. The van der Waals surface area contributed by atoms with Gasteiger partial charge in [-0.05, 0) is 12.0 Å². The van der Waals surface area contributed by atoms with E-state index >= 15 is 0 Å². The molecule has 2 N–H and O–H groups in total. The Labute approximate surface area is 101 Å². The molecule has 0 spiro atoms. The smallest absolute Gasteiger partial charge is 0.461 e. The summed E-state index contributed by atoms with van der Waals surface area (Å²) in [5.41, 5.74) is 0.946. The van der Waals surface area contributed by atoms with E-state index in [0.717, 1.165) is 5.56 Å². The predicted octanol–water partition coefficient (Wildman–Crippen LogP) is 1.08. The van der Waals surface area contributed by atoms with Crippen molar-refractivity contribution in [2.45, 2.75) is 19.4 Å². The molecule has 5 heteroatoms. The number of allylic oxidation sites excluding steroid dienone is 1. The van der Waals surface area contributed by atoms with Crippen LogP contribution in [0.4, 0.5) is 0 Å². The highest BCUT2D eigenvalue weighted by molar-refractivity contribution is 6.47. The number of ether oxygens (including phenoxy) is 1. The molecular formula is C12H15BO4. The van der Waals surface area contributed by atoms with Crippen LogP contribution in [-0.4, -0.2) is 23.1 Å². The molecule has 0 saturated carbocycles. The summed E-state index contributed by atoms with van der Waals surface area (Å²) >= 11 is 0. The number of hydrogen-bond acceptors (Lipinski definition) is 4. The third-order valence-corrected chi connectivity index (χ3v) is 2.07. The molecule has 0 unspecified atom stereocenters. The molecule has 0 aliphatic carbocycles. The lowest BCUT2D eigenvalue weighted by Gasteiger charge is -2.03. The second-order valence-electron chi connectivity index (χ2n) is 3.53. The highest BCUT2D eigenvalue weighted by atomic mass is 16.5. The van der Waals surface area contributed by atoms with Gasteiger partial charge in [-0.3, -0.25) is 4.79 Å². The Balaban J connectivity index is 2.18. The van der Waals surface area contributed by atoms with Crippen molar-refractivity contribution >= 4 is 13.1 Å². The maximum atomic E-state index is 11.3. The van der Waals surface area contributed by atoms with Crippen LogP contribution < -0.4 is 0 Å². The van der Waals surface area contributed by atoms with E-state index in [9.17, 15) is 4.79 Å². The largest absolute Gasteiger partial charge is 0.480 e. The zero-order chi connectivity index (χ0) is 12.5. The molecule has 1 aromatic carbocycles. The molecule has 4 nitrogen and oxygen atoms in total. The van der Waals surface area contributed by atoms with E-state index in [0.29, 0.717) is 6.42 Å². The molecule has 0 fully saturated rings. The Morgan fingerprint density at radius 2 is 2.00 bits per heavy atom. The van der Waals surface area contributed by atoms with Crippen molar-refractivity contribution in [1.82, 2.24) is 0 Å². The van der Waals surface area contributed by atoms with E-state index < -0.39 is 7.12 Å². The van der Waals surface area contributed by atoms with Crippen molar-refractivity contribution in [2.24, 2.45) is 0 Å². The van der Waals surface area contributed by atoms with Crippen molar-refractivity contribution in [1.29, 1.82) is 0 Å². The van der Waals surface area contributed by atoms with E-state index in [1.807, 2.05) is 30.3 Å². The number of esters is 1. The van der Waals surface area contributed by atoms with Gasteiger partial charge in [0, 0.05) is 6.42 Å². The molecule has 0 aromatic heterocycles. The maximum absolute atomic E-state index is 11.3. The average molecular weight is 234 g/mol. The van der Waals surface area contributed by atoms with E-state index in [-0.39, 0.29) is 19.0 Å². The second kappa shape index (κ2) is 7.65. The van der Waals surface area contributed by atoms with Gasteiger partial charge in [0.2, 0.25) is 0 Å². The standard InChI is InChI=1S/C12H15BO4/c14-12(8-4-5-9-13(15)16)17-10-11-6-2-1-3-7-11/h1-3,5-7,9,15-16H,4,8,10H2/b9-5+. The van der Waals surface area contributed by atoms with Gasteiger partial charge in [0.05, 0.1) is 0 Å². The summed E-state index contributed by atoms with van der Waals surface area (Å²) in [6.45, 7) is 0.270. The van der Waals surface area contributed by atoms with Crippen LogP contribution in [0.15, 0.2) is 42.4 Å². The molecule has 0 atom stereocenters. The third-order valence-electron chi connectivity index (χ3n) is 2.07. The topological polar surface area (TPSA) is 66.8 Å². The van der Waals surface area contributed by atoms with Crippen LogP contribution in [0.3, 0.4) is 0 Å². The summed E-state index contributed by atoms with van der Waals surface area (Å²) in [7, 11) is -1.46. The van der Waals surface area contributed by atoms with E-state index in [2.05, 4.69) is 0 Å². The molecule has 0 saturated heterocycles. The minimum Gasteiger partial charge on any atom is -0.461 e. The lowest BCUT2D eigenvalue weighted by Crippen LogP contribution is -2.06. The number of benzene rings is 1. The van der Waals surface area contributed by atoms with Crippen molar-refractivity contribution in [3.8, 4) is 0 Å². The van der Waals surface area contributed by atoms with Gasteiger partial charge in [-0.25, -0.2) is 0 Å². The highest BCUT2D eigenvalue weighted by Gasteiger charge is 2.02. The number of carbonyl (C=O) groups is 1. The first-order valence-corrected chi connectivity index (χ1v) is 5.41. The SMILES string of the molecule is O=C(CC/C=C/B(O)O)OCc1ccccc1. The van der Waals surface area contributed by atoms with Gasteiger partial charge in [-0.2, -0.15) is 0 Å². The van der Waals surface area contributed by atoms with Crippen LogP contribution in [-0.2, 0) is 16.1 Å². The molecule has 1 rings (SSSR count). The molecule has 0 bridgehead atoms. The summed E-state index contributed by atoms with van der Waals surface area (Å²) in [6.07, 6.45) is 2.20. The Kier molecular flexibility index (Phi) is 6.07. The molecule has 0 aliphatic rings. The first-order valence-electron chi connectivity index (χ1n) is 5.41. The fraction of sp³-hybridized carbons (Fsp3) is 0.250. The fourth-order valence-electron chi connectivity index (χ4n) is 1.23. The first-order chi connectivity index (χ1) is 8.18. The molecule has 0 radical (unpaired) electrons. The van der Waals surface area contributed by atoms with Crippen molar-refractivity contribution < 1.29 is 19.6 Å². The second-order valence-corrected chi connectivity index (χ2v) is 3.53. The van der Waals surface area contributed by atoms with Crippen LogP contribution >= 0.6 is 0 Å². The van der Waals surface area contributed by atoms with Crippen LogP contribution in [0.5, 0.6) is 0 Å². The Hall–Kier alpha value is -1.59. The van der Waals surface area contributed by atoms with Crippen LogP contribution in [0.2, 0.25) is 0 Å². The van der Waals surface area contributed by atoms with E-state index in [1.54, 1.807) is 0 Å². The van der Waals surface area contributed by atoms with Crippen LogP contribution in [0, 0.1) is 0 Å². The molecular weight excluding hydrogens is 219 g/mol. The zero-order valence-electron chi connectivity index (χ0n) is 9.45. The van der Waals surface area contributed by atoms with Gasteiger partial charge < -0.3 is 14.8 Å². The van der Waals surface area contributed by atoms with Crippen LogP contribution in [0.25, 0.3) is 0 Å².